The summed E-state index contributed by atoms with van der Waals surface area (Å²) in [4.78, 5) is 21.7. The maximum absolute atomic E-state index is 12.6. The van der Waals surface area contributed by atoms with Gasteiger partial charge in [0.1, 0.15) is 11.3 Å². The Labute approximate surface area is 145 Å². The zero-order valence-corrected chi connectivity index (χ0v) is 14.4. The van der Waals surface area contributed by atoms with Gasteiger partial charge in [0.15, 0.2) is 0 Å². The number of hydrogen-bond donors (Lipinski definition) is 1. The van der Waals surface area contributed by atoms with E-state index in [4.69, 9.17) is 4.42 Å². The lowest BCUT2D eigenvalue weighted by Gasteiger charge is -2.32. The molecule has 2 saturated heterocycles. The molecule has 6 nitrogen and oxygen atoms in total. The minimum atomic E-state index is 0.191. The molecule has 7 heteroatoms. The Bertz CT molecular complexity index is 679. The van der Waals surface area contributed by atoms with Gasteiger partial charge in [-0.3, -0.25) is 9.69 Å². The molecule has 1 atom stereocenters. The first-order chi connectivity index (χ1) is 11.8. The molecule has 128 valence electrons. The SMILES string of the molecule is O=C(Cc1csc(-c2ccoc2)n1)N1CCC(N2CCNCC2)C1. The molecule has 2 aromatic rings. The number of furan rings is 1. The fourth-order valence-electron chi connectivity index (χ4n) is 3.49. The Balaban J connectivity index is 1.33. The van der Waals surface area contributed by atoms with Gasteiger partial charge in [0.2, 0.25) is 5.91 Å². The highest BCUT2D eigenvalue weighted by Gasteiger charge is 2.31. The molecule has 1 unspecified atom stereocenters. The van der Waals surface area contributed by atoms with Gasteiger partial charge in [-0.2, -0.15) is 0 Å². The molecule has 0 bridgehead atoms. The van der Waals surface area contributed by atoms with Gasteiger partial charge < -0.3 is 14.6 Å². The number of nitrogens with zero attached hydrogens (tertiary/aromatic N) is 3. The van der Waals surface area contributed by atoms with Crippen LogP contribution in [0.2, 0.25) is 0 Å². The van der Waals surface area contributed by atoms with Gasteiger partial charge in [0.25, 0.3) is 0 Å². The lowest BCUT2D eigenvalue weighted by molar-refractivity contribution is -0.129. The lowest BCUT2D eigenvalue weighted by atomic mass is 10.2. The number of amides is 1. The molecular formula is C17H22N4O2S. The second-order valence-electron chi connectivity index (χ2n) is 6.40. The molecule has 2 aromatic heterocycles. The summed E-state index contributed by atoms with van der Waals surface area (Å²) in [5, 5.41) is 6.27. The maximum atomic E-state index is 12.6. The smallest absolute Gasteiger partial charge is 0.228 e. The third-order valence-electron chi connectivity index (χ3n) is 4.84. The highest BCUT2D eigenvalue weighted by molar-refractivity contribution is 7.13. The number of aromatic nitrogens is 1. The highest BCUT2D eigenvalue weighted by atomic mass is 32.1. The van der Waals surface area contributed by atoms with Gasteiger partial charge in [0, 0.05) is 56.3 Å². The molecule has 0 aromatic carbocycles. The Morgan fingerprint density at radius 2 is 2.25 bits per heavy atom. The average Bonchev–Trinajstić information content (AvgIpc) is 3.36. The molecule has 2 fully saturated rings. The van der Waals surface area contributed by atoms with Crippen LogP contribution in [0, 0.1) is 0 Å². The van der Waals surface area contributed by atoms with E-state index in [0.717, 1.165) is 62.0 Å². The first-order valence-electron chi connectivity index (χ1n) is 8.49. The van der Waals surface area contributed by atoms with E-state index in [0.29, 0.717) is 12.5 Å². The molecule has 0 radical (unpaired) electrons. The van der Waals surface area contributed by atoms with E-state index in [1.165, 1.54) is 0 Å². The number of piperazine rings is 1. The van der Waals surface area contributed by atoms with Crippen molar-refractivity contribution in [1.82, 2.24) is 20.1 Å². The number of carbonyl (C=O) groups excluding carboxylic acids is 1. The van der Waals surface area contributed by atoms with E-state index in [2.05, 4.69) is 15.2 Å². The van der Waals surface area contributed by atoms with Crippen LogP contribution in [0.15, 0.2) is 28.4 Å². The van der Waals surface area contributed by atoms with Crippen molar-refractivity contribution < 1.29 is 9.21 Å². The van der Waals surface area contributed by atoms with E-state index in [1.54, 1.807) is 23.9 Å². The van der Waals surface area contributed by atoms with Gasteiger partial charge in [0.05, 0.1) is 18.4 Å². The number of hydrogen-bond acceptors (Lipinski definition) is 6. The third-order valence-corrected chi connectivity index (χ3v) is 5.78. The first kappa shape index (κ1) is 15.8. The van der Waals surface area contributed by atoms with Gasteiger partial charge in [-0.1, -0.05) is 0 Å². The van der Waals surface area contributed by atoms with Crippen LogP contribution in [0.4, 0.5) is 0 Å². The molecule has 1 amide bonds. The summed E-state index contributed by atoms with van der Waals surface area (Å²) in [7, 11) is 0. The minimum Gasteiger partial charge on any atom is -0.472 e. The molecule has 24 heavy (non-hydrogen) atoms. The summed E-state index contributed by atoms with van der Waals surface area (Å²) in [6.07, 6.45) is 4.80. The molecule has 0 saturated carbocycles. The van der Waals surface area contributed by atoms with Crippen LogP contribution in [-0.4, -0.2) is 66.0 Å². The third kappa shape index (κ3) is 3.38. The number of rotatable bonds is 4. The van der Waals surface area contributed by atoms with Gasteiger partial charge in [-0.25, -0.2) is 4.98 Å². The lowest BCUT2D eigenvalue weighted by Crippen LogP contribution is -2.49. The van der Waals surface area contributed by atoms with E-state index in [1.807, 2.05) is 16.3 Å². The average molecular weight is 346 g/mol. The molecule has 2 aliphatic rings. The first-order valence-corrected chi connectivity index (χ1v) is 9.37. The van der Waals surface area contributed by atoms with Crippen LogP contribution in [0.25, 0.3) is 10.6 Å². The van der Waals surface area contributed by atoms with Crippen molar-refractivity contribution in [1.29, 1.82) is 0 Å². The number of nitrogens with one attached hydrogen (secondary N) is 1. The van der Waals surface area contributed by atoms with Crippen molar-refractivity contribution in [3.8, 4) is 10.6 Å². The predicted octanol–water partition coefficient (Wildman–Crippen LogP) is 1.45. The normalized spacial score (nSPS) is 22.2. The zero-order valence-electron chi connectivity index (χ0n) is 13.6. The molecular weight excluding hydrogens is 324 g/mol. The monoisotopic (exact) mass is 346 g/mol. The molecule has 1 N–H and O–H groups in total. The van der Waals surface area contributed by atoms with Crippen LogP contribution >= 0.6 is 11.3 Å². The second kappa shape index (κ2) is 7.04. The van der Waals surface area contributed by atoms with Crippen molar-refractivity contribution in [2.45, 2.75) is 18.9 Å². The van der Waals surface area contributed by atoms with Crippen molar-refractivity contribution >= 4 is 17.2 Å². The van der Waals surface area contributed by atoms with Crippen LogP contribution in [0.5, 0.6) is 0 Å². The number of likely N-dealkylation sites (tertiary alicyclic amines) is 1. The maximum Gasteiger partial charge on any atom is 0.228 e. The van der Waals surface area contributed by atoms with E-state index in [9.17, 15) is 4.79 Å². The predicted molar refractivity (Wildman–Crippen MR) is 92.9 cm³/mol. The molecule has 0 spiro atoms. The molecule has 0 aliphatic carbocycles. The largest absolute Gasteiger partial charge is 0.472 e. The van der Waals surface area contributed by atoms with Crippen molar-refractivity contribution in [2.24, 2.45) is 0 Å². The fourth-order valence-corrected chi connectivity index (χ4v) is 4.29. The summed E-state index contributed by atoms with van der Waals surface area (Å²) in [6.45, 7) is 6.02. The van der Waals surface area contributed by atoms with Gasteiger partial charge in [-0.05, 0) is 12.5 Å². The standard InChI is InChI=1S/C17H22N4O2S/c22-16(9-14-12-24-17(19-14)13-2-8-23-11-13)21-5-1-15(10-21)20-6-3-18-4-7-20/h2,8,11-12,15,18H,1,3-7,9-10H2. The van der Waals surface area contributed by atoms with E-state index < -0.39 is 0 Å². The number of carbonyl (C=O) groups is 1. The summed E-state index contributed by atoms with van der Waals surface area (Å²) in [5.41, 5.74) is 1.82. The summed E-state index contributed by atoms with van der Waals surface area (Å²) >= 11 is 1.56. The zero-order chi connectivity index (χ0) is 16.4. The van der Waals surface area contributed by atoms with E-state index >= 15 is 0 Å². The fraction of sp³-hybridized carbons (Fsp3) is 0.529. The molecule has 2 aliphatic heterocycles. The van der Waals surface area contributed by atoms with Gasteiger partial charge in [-0.15, -0.1) is 11.3 Å². The van der Waals surface area contributed by atoms with Crippen LogP contribution in [0.1, 0.15) is 12.1 Å². The van der Waals surface area contributed by atoms with Crippen LogP contribution < -0.4 is 5.32 Å². The summed E-state index contributed by atoms with van der Waals surface area (Å²) in [5.74, 6) is 0.191. The number of thiazole rings is 1. The van der Waals surface area contributed by atoms with E-state index in [-0.39, 0.29) is 5.91 Å². The molecule has 4 heterocycles. The quantitative estimate of drug-likeness (QED) is 0.908. The summed E-state index contributed by atoms with van der Waals surface area (Å²) < 4.78 is 5.09. The Hall–Kier alpha value is -1.70. The van der Waals surface area contributed by atoms with Crippen molar-refractivity contribution in [3.63, 3.8) is 0 Å². The highest BCUT2D eigenvalue weighted by Crippen LogP contribution is 2.25. The Morgan fingerprint density at radius 3 is 3.04 bits per heavy atom. The van der Waals surface area contributed by atoms with Crippen LogP contribution in [-0.2, 0) is 11.2 Å². The van der Waals surface area contributed by atoms with Crippen LogP contribution in [0.3, 0.4) is 0 Å². The van der Waals surface area contributed by atoms with Crippen molar-refractivity contribution in [3.05, 3.63) is 29.7 Å². The van der Waals surface area contributed by atoms with Gasteiger partial charge >= 0.3 is 0 Å². The summed E-state index contributed by atoms with van der Waals surface area (Å²) in [6, 6.07) is 2.41. The van der Waals surface area contributed by atoms with Crippen molar-refractivity contribution in [2.75, 3.05) is 39.3 Å². The second-order valence-corrected chi connectivity index (χ2v) is 7.26. The topological polar surface area (TPSA) is 61.6 Å². The Kier molecular flexibility index (Phi) is 4.64. The molecule has 4 rings (SSSR count). The Morgan fingerprint density at radius 1 is 1.38 bits per heavy atom. The minimum absolute atomic E-state index is 0.191.